The van der Waals surface area contributed by atoms with Crippen molar-refractivity contribution in [2.75, 3.05) is 13.2 Å². The normalized spacial score (nSPS) is 27.7. The van der Waals surface area contributed by atoms with Gasteiger partial charge in [0.15, 0.2) is 0 Å². The first-order valence-electron chi connectivity index (χ1n) is 8.19. The average molecular weight is 316 g/mol. The Balaban J connectivity index is 1.93. The summed E-state index contributed by atoms with van der Waals surface area (Å²) in [6, 6.07) is 6.18. The number of halogens is 1. The van der Waals surface area contributed by atoms with E-state index in [4.69, 9.17) is 4.74 Å². The maximum absolute atomic E-state index is 13.8. The number of ether oxygens (including phenoxy) is 1. The van der Waals surface area contributed by atoms with Gasteiger partial charge in [-0.15, -0.1) is 0 Å². The van der Waals surface area contributed by atoms with E-state index in [1.807, 2.05) is 0 Å². The minimum atomic E-state index is -0.605. The van der Waals surface area contributed by atoms with E-state index in [2.05, 4.69) is 6.07 Å². The number of carbonyl (C=O) groups is 1. The lowest BCUT2D eigenvalue weighted by Gasteiger charge is -2.48. The summed E-state index contributed by atoms with van der Waals surface area (Å²) < 4.78 is 19.8. The lowest BCUT2D eigenvalue weighted by molar-refractivity contribution is -0.128. The first-order chi connectivity index (χ1) is 11.1. The molecule has 1 spiro atoms. The Morgan fingerprint density at radius 2 is 2.17 bits per heavy atom. The molecule has 2 aliphatic heterocycles. The molecule has 0 saturated carbocycles. The Morgan fingerprint density at radius 3 is 2.87 bits per heavy atom. The summed E-state index contributed by atoms with van der Waals surface area (Å²) in [6.45, 7) is 2.75. The monoisotopic (exact) mass is 316 g/mol. The van der Waals surface area contributed by atoms with Crippen molar-refractivity contribution in [2.45, 2.75) is 50.7 Å². The highest BCUT2D eigenvalue weighted by Crippen LogP contribution is 2.39. The van der Waals surface area contributed by atoms with Gasteiger partial charge in [0, 0.05) is 18.7 Å². The topological polar surface area (TPSA) is 53.3 Å². The summed E-state index contributed by atoms with van der Waals surface area (Å²) in [6.07, 6.45) is 4.42. The zero-order chi connectivity index (χ0) is 16.4. The van der Waals surface area contributed by atoms with Crippen molar-refractivity contribution in [2.24, 2.45) is 0 Å². The van der Waals surface area contributed by atoms with Gasteiger partial charge in [-0.3, -0.25) is 4.79 Å². The van der Waals surface area contributed by atoms with E-state index in [0.717, 1.165) is 32.1 Å². The second kappa shape index (κ2) is 6.29. The summed E-state index contributed by atoms with van der Waals surface area (Å²) in [5.41, 5.74) is 0.110. The Bertz CT molecular complexity index is 641. The van der Waals surface area contributed by atoms with E-state index in [0.29, 0.717) is 24.3 Å². The molecule has 1 amide bonds. The molecule has 2 unspecified atom stereocenters. The fraction of sp³-hybridized carbons (Fsp3) is 0.556. The number of hydrogen-bond acceptors (Lipinski definition) is 3. The third-order valence-electron chi connectivity index (χ3n) is 5.07. The molecule has 2 heterocycles. The number of carbonyl (C=O) groups excluding carboxylic acids is 1. The standard InChI is InChI=1S/C18H21FN2O2/c1-13-14(6-4-7-15(13)19)17(22)21-10-5-9-18(16(21)12-20)8-2-3-11-23-18/h4,6-7,16H,2-3,5,8-11H2,1H3. The minimum absolute atomic E-state index is 0.276. The molecule has 2 aliphatic rings. The average Bonchev–Trinajstić information content (AvgIpc) is 2.57. The van der Waals surface area contributed by atoms with E-state index < -0.39 is 17.5 Å². The van der Waals surface area contributed by atoms with Crippen molar-refractivity contribution in [3.05, 3.63) is 35.1 Å². The van der Waals surface area contributed by atoms with Crippen molar-refractivity contribution < 1.29 is 13.9 Å². The minimum Gasteiger partial charge on any atom is -0.372 e. The fourth-order valence-corrected chi connectivity index (χ4v) is 3.79. The SMILES string of the molecule is Cc1c(F)cccc1C(=O)N1CCCC2(CCCCO2)C1C#N. The summed E-state index contributed by atoms with van der Waals surface area (Å²) in [7, 11) is 0. The molecular formula is C18H21FN2O2. The lowest BCUT2D eigenvalue weighted by Crippen LogP contribution is -2.60. The van der Waals surface area contributed by atoms with Gasteiger partial charge in [0.25, 0.3) is 5.91 Å². The molecule has 0 N–H and O–H groups in total. The highest BCUT2D eigenvalue weighted by atomic mass is 19.1. The molecule has 2 atom stereocenters. The molecule has 1 aromatic carbocycles. The zero-order valence-electron chi connectivity index (χ0n) is 13.3. The Labute approximate surface area is 135 Å². The van der Waals surface area contributed by atoms with Gasteiger partial charge in [0.2, 0.25) is 0 Å². The summed E-state index contributed by atoms with van der Waals surface area (Å²) in [5, 5.41) is 9.70. The van der Waals surface area contributed by atoms with E-state index in [1.165, 1.54) is 12.1 Å². The number of rotatable bonds is 1. The molecule has 5 heteroatoms. The van der Waals surface area contributed by atoms with Gasteiger partial charge in [-0.1, -0.05) is 6.07 Å². The predicted molar refractivity (Wildman–Crippen MR) is 83.3 cm³/mol. The van der Waals surface area contributed by atoms with E-state index in [-0.39, 0.29) is 5.91 Å². The van der Waals surface area contributed by atoms with Crippen molar-refractivity contribution in [1.29, 1.82) is 5.26 Å². The first kappa shape index (κ1) is 15.9. The van der Waals surface area contributed by atoms with Gasteiger partial charge >= 0.3 is 0 Å². The van der Waals surface area contributed by atoms with Gasteiger partial charge in [0.1, 0.15) is 17.5 Å². The van der Waals surface area contributed by atoms with Crippen LogP contribution in [0.5, 0.6) is 0 Å². The van der Waals surface area contributed by atoms with Gasteiger partial charge in [0.05, 0.1) is 6.07 Å². The molecule has 23 heavy (non-hydrogen) atoms. The molecule has 4 nitrogen and oxygen atoms in total. The van der Waals surface area contributed by atoms with Gasteiger partial charge < -0.3 is 9.64 Å². The fourth-order valence-electron chi connectivity index (χ4n) is 3.79. The van der Waals surface area contributed by atoms with Gasteiger partial charge in [-0.25, -0.2) is 4.39 Å². The van der Waals surface area contributed by atoms with Crippen LogP contribution in [0.25, 0.3) is 0 Å². The van der Waals surface area contributed by atoms with Crippen LogP contribution >= 0.6 is 0 Å². The predicted octanol–water partition coefficient (Wildman–Crippen LogP) is 3.20. The van der Waals surface area contributed by atoms with Crippen molar-refractivity contribution in [3.8, 4) is 6.07 Å². The second-order valence-corrected chi connectivity index (χ2v) is 6.42. The number of nitriles is 1. The molecule has 2 saturated heterocycles. The van der Waals surface area contributed by atoms with Crippen molar-refractivity contribution >= 4 is 5.91 Å². The number of hydrogen-bond donors (Lipinski definition) is 0. The number of nitrogens with zero attached hydrogens (tertiary/aromatic N) is 2. The van der Waals surface area contributed by atoms with Crippen LogP contribution in [0.15, 0.2) is 18.2 Å². The molecule has 0 aromatic heterocycles. The maximum atomic E-state index is 13.8. The summed E-state index contributed by atoms with van der Waals surface area (Å²) >= 11 is 0. The third kappa shape index (κ3) is 2.72. The number of benzene rings is 1. The zero-order valence-corrected chi connectivity index (χ0v) is 13.3. The second-order valence-electron chi connectivity index (χ2n) is 6.42. The van der Waals surface area contributed by atoms with E-state index in [1.54, 1.807) is 17.9 Å². The Kier molecular flexibility index (Phi) is 4.36. The molecule has 0 aliphatic carbocycles. The molecule has 0 radical (unpaired) electrons. The number of amides is 1. The highest BCUT2D eigenvalue weighted by Gasteiger charge is 2.48. The van der Waals surface area contributed by atoms with Crippen LogP contribution in [0.4, 0.5) is 4.39 Å². The van der Waals surface area contributed by atoms with Crippen LogP contribution in [0.3, 0.4) is 0 Å². The van der Waals surface area contributed by atoms with Crippen LogP contribution in [-0.2, 0) is 4.74 Å². The van der Waals surface area contributed by atoms with E-state index in [9.17, 15) is 14.4 Å². The Morgan fingerprint density at radius 1 is 1.39 bits per heavy atom. The maximum Gasteiger partial charge on any atom is 0.255 e. The number of piperidine rings is 1. The molecule has 3 rings (SSSR count). The Hall–Kier alpha value is -1.93. The first-order valence-corrected chi connectivity index (χ1v) is 8.19. The smallest absolute Gasteiger partial charge is 0.255 e. The molecule has 1 aromatic rings. The molecule has 0 bridgehead atoms. The summed E-state index contributed by atoms with van der Waals surface area (Å²) in [5.74, 6) is -0.674. The van der Waals surface area contributed by atoms with Gasteiger partial charge in [-0.05, 0) is 56.7 Å². The summed E-state index contributed by atoms with van der Waals surface area (Å²) in [4.78, 5) is 14.5. The van der Waals surface area contributed by atoms with Crippen LogP contribution in [0, 0.1) is 24.1 Å². The van der Waals surface area contributed by atoms with Crippen molar-refractivity contribution in [3.63, 3.8) is 0 Å². The lowest BCUT2D eigenvalue weighted by atomic mass is 9.79. The third-order valence-corrected chi connectivity index (χ3v) is 5.07. The van der Waals surface area contributed by atoms with E-state index >= 15 is 0 Å². The number of likely N-dealkylation sites (tertiary alicyclic amines) is 1. The van der Waals surface area contributed by atoms with Crippen LogP contribution < -0.4 is 0 Å². The van der Waals surface area contributed by atoms with Crippen LogP contribution in [0.1, 0.15) is 48.0 Å². The quantitative estimate of drug-likeness (QED) is 0.799. The molecule has 122 valence electrons. The molecular weight excluding hydrogens is 295 g/mol. The van der Waals surface area contributed by atoms with Crippen LogP contribution in [-0.4, -0.2) is 35.6 Å². The van der Waals surface area contributed by atoms with Gasteiger partial charge in [-0.2, -0.15) is 5.26 Å². The van der Waals surface area contributed by atoms with Crippen LogP contribution in [0.2, 0.25) is 0 Å². The van der Waals surface area contributed by atoms with Crippen molar-refractivity contribution in [1.82, 2.24) is 4.90 Å². The highest BCUT2D eigenvalue weighted by molar-refractivity contribution is 5.96. The molecule has 2 fully saturated rings. The largest absolute Gasteiger partial charge is 0.372 e.